The van der Waals surface area contributed by atoms with Gasteiger partial charge in [-0.15, -0.1) is 11.8 Å². The van der Waals surface area contributed by atoms with Crippen molar-refractivity contribution in [1.82, 2.24) is 0 Å². The van der Waals surface area contributed by atoms with E-state index in [9.17, 15) is 13.5 Å². The molecule has 0 bridgehead atoms. The van der Waals surface area contributed by atoms with Crippen molar-refractivity contribution in [2.24, 2.45) is 0 Å². The van der Waals surface area contributed by atoms with Crippen LogP contribution in [-0.2, 0) is 15.3 Å². The molecule has 1 N–H and O–H groups in total. The van der Waals surface area contributed by atoms with Crippen molar-refractivity contribution in [1.29, 1.82) is 0 Å². The van der Waals surface area contributed by atoms with Gasteiger partial charge >= 0.3 is 0 Å². The molecule has 2 unspecified atom stereocenters. The van der Waals surface area contributed by atoms with Gasteiger partial charge in [0.05, 0.1) is 22.9 Å². The van der Waals surface area contributed by atoms with Crippen LogP contribution in [0.3, 0.4) is 0 Å². The maximum absolute atomic E-state index is 11.5. The van der Waals surface area contributed by atoms with Crippen LogP contribution in [0.2, 0.25) is 0 Å². The lowest BCUT2D eigenvalue weighted by Crippen LogP contribution is -2.19. The van der Waals surface area contributed by atoms with Crippen LogP contribution >= 0.6 is 11.8 Å². The normalized spacial score (nSPS) is 26.5. The van der Waals surface area contributed by atoms with Gasteiger partial charge < -0.3 is 5.11 Å². The van der Waals surface area contributed by atoms with Crippen molar-refractivity contribution in [3.05, 3.63) is 29.8 Å². The lowest BCUT2D eigenvalue weighted by atomic mass is 9.87. The van der Waals surface area contributed by atoms with Gasteiger partial charge in [-0.05, 0) is 23.1 Å². The fraction of sp³-hybridized carbons (Fsp3) is 0.571. The SMILES string of the molecule is CC(C)(C)c1ccc(SC2CS(=O)(=O)CC2O)cc1. The van der Waals surface area contributed by atoms with E-state index in [2.05, 4.69) is 32.9 Å². The van der Waals surface area contributed by atoms with Gasteiger partial charge in [-0.2, -0.15) is 0 Å². The standard InChI is InChI=1S/C14H20O3S2/c1-14(2,3)10-4-6-11(7-5-10)18-13-9-19(16,17)8-12(13)15/h4-7,12-13,15H,8-9H2,1-3H3. The van der Waals surface area contributed by atoms with E-state index in [1.165, 1.54) is 17.3 Å². The number of hydrogen-bond acceptors (Lipinski definition) is 4. The van der Waals surface area contributed by atoms with Crippen LogP contribution < -0.4 is 0 Å². The number of hydrogen-bond donors (Lipinski definition) is 1. The molecule has 1 aromatic carbocycles. The minimum atomic E-state index is -3.07. The highest BCUT2D eigenvalue weighted by Crippen LogP contribution is 2.32. The summed E-state index contributed by atoms with van der Waals surface area (Å²) in [4.78, 5) is 1.01. The summed E-state index contributed by atoms with van der Waals surface area (Å²) in [6.07, 6.45) is -0.753. The highest BCUT2D eigenvalue weighted by atomic mass is 32.2. The molecule has 0 aliphatic carbocycles. The molecule has 0 amide bonds. The van der Waals surface area contributed by atoms with E-state index in [-0.39, 0.29) is 22.2 Å². The molecule has 1 heterocycles. The summed E-state index contributed by atoms with van der Waals surface area (Å²) in [5.41, 5.74) is 1.36. The number of aliphatic hydroxyl groups is 1. The Morgan fingerprint density at radius 1 is 1.16 bits per heavy atom. The van der Waals surface area contributed by atoms with E-state index in [1.807, 2.05) is 12.1 Å². The second-order valence-electron chi connectivity index (χ2n) is 6.07. The highest BCUT2D eigenvalue weighted by molar-refractivity contribution is 8.02. The van der Waals surface area contributed by atoms with Crippen LogP contribution in [-0.4, -0.2) is 36.4 Å². The van der Waals surface area contributed by atoms with Gasteiger partial charge in [0.15, 0.2) is 9.84 Å². The summed E-state index contributed by atoms with van der Waals surface area (Å²) in [7, 11) is -3.07. The van der Waals surface area contributed by atoms with E-state index in [0.29, 0.717) is 0 Å². The Bertz CT molecular complexity index is 541. The molecule has 1 fully saturated rings. The molecule has 0 aromatic heterocycles. The molecular weight excluding hydrogens is 280 g/mol. The molecule has 19 heavy (non-hydrogen) atoms. The lowest BCUT2D eigenvalue weighted by molar-refractivity contribution is 0.207. The second kappa shape index (κ2) is 5.11. The molecule has 0 radical (unpaired) electrons. The van der Waals surface area contributed by atoms with Crippen molar-refractivity contribution in [3.8, 4) is 0 Å². The maximum atomic E-state index is 11.5. The van der Waals surface area contributed by atoms with Crippen LogP contribution in [0.4, 0.5) is 0 Å². The molecule has 1 aliphatic rings. The minimum Gasteiger partial charge on any atom is -0.391 e. The van der Waals surface area contributed by atoms with Crippen LogP contribution in [0.15, 0.2) is 29.2 Å². The van der Waals surface area contributed by atoms with Gasteiger partial charge in [0.25, 0.3) is 0 Å². The van der Waals surface area contributed by atoms with Gasteiger partial charge in [-0.25, -0.2) is 8.42 Å². The third kappa shape index (κ3) is 3.74. The van der Waals surface area contributed by atoms with E-state index in [1.54, 1.807) is 0 Å². The van der Waals surface area contributed by atoms with Gasteiger partial charge in [0.1, 0.15) is 0 Å². The zero-order valence-corrected chi connectivity index (χ0v) is 13.1. The zero-order valence-electron chi connectivity index (χ0n) is 11.5. The van der Waals surface area contributed by atoms with Crippen molar-refractivity contribution in [2.45, 2.75) is 42.4 Å². The Kier molecular flexibility index (Phi) is 4.00. The third-order valence-electron chi connectivity index (χ3n) is 3.28. The summed E-state index contributed by atoms with van der Waals surface area (Å²) >= 11 is 1.45. The van der Waals surface area contributed by atoms with E-state index in [0.717, 1.165) is 4.90 Å². The van der Waals surface area contributed by atoms with E-state index >= 15 is 0 Å². The van der Waals surface area contributed by atoms with Crippen molar-refractivity contribution < 1.29 is 13.5 Å². The van der Waals surface area contributed by atoms with Crippen LogP contribution in [0.5, 0.6) is 0 Å². The van der Waals surface area contributed by atoms with Crippen LogP contribution in [0, 0.1) is 0 Å². The van der Waals surface area contributed by atoms with E-state index < -0.39 is 15.9 Å². The molecule has 106 valence electrons. The molecule has 2 atom stereocenters. The van der Waals surface area contributed by atoms with Gasteiger partial charge in [-0.1, -0.05) is 32.9 Å². The molecule has 0 spiro atoms. The molecular formula is C14H20O3S2. The van der Waals surface area contributed by atoms with Gasteiger partial charge in [-0.3, -0.25) is 0 Å². The van der Waals surface area contributed by atoms with Crippen molar-refractivity contribution >= 4 is 21.6 Å². The quantitative estimate of drug-likeness (QED) is 0.910. The molecule has 2 rings (SSSR count). The summed E-state index contributed by atoms with van der Waals surface area (Å²) < 4.78 is 22.9. The number of sulfone groups is 1. The average Bonchev–Trinajstić information content (AvgIpc) is 2.51. The summed E-state index contributed by atoms with van der Waals surface area (Å²) in [6.45, 7) is 6.47. The monoisotopic (exact) mass is 300 g/mol. The molecule has 1 aromatic rings. The third-order valence-corrected chi connectivity index (χ3v) is 6.54. The lowest BCUT2D eigenvalue weighted by Gasteiger charge is -2.19. The maximum Gasteiger partial charge on any atom is 0.154 e. The second-order valence-corrected chi connectivity index (χ2v) is 9.54. The molecule has 0 saturated carbocycles. The number of aliphatic hydroxyl groups excluding tert-OH is 1. The fourth-order valence-corrected chi connectivity index (χ4v) is 5.64. The zero-order chi connectivity index (χ0) is 14.3. The predicted octanol–water partition coefficient (Wildman–Crippen LogP) is 2.23. The number of benzene rings is 1. The molecule has 3 nitrogen and oxygen atoms in total. The van der Waals surface area contributed by atoms with Gasteiger partial charge in [0, 0.05) is 4.90 Å². The number of rotatable bonds is 2. The summed E-state index contributed by atoms with van der Waals surface area (Å²) in [5.74, 6) is -0.0371. The topological polar surface area (TPSA) is 54.4 Å². The first kappa shape index (κ1) is 14.9. The molecule has 5 heteroatoms. The van der Waals surface area contributed by atoms with Crippen molar-refractivity contribution in [3.63, 3.8) is 0 Å². The highest BCUT2D eigenvalue weighted by Gasteiger charge is 2.36. The fourth-order valence-electron chi connectivity index (χ4n) is 2.12. The average molecular weight is 300 g/mol. The number of thioether (sulfide) groups is 1. The van der Waals surface area contributed by atoms with Crippen molar-refractivity contribution in [2.75, 3.05) is 11.5 Å². The minimum absolute atomic E-state index is 0.0693. The summed E-state index contributed by atoms with van der Waals surface area (Å²) in [5, 5.41) is 9.52. The Balaban J connectivity index is 2.09. The Labute approximate surface area is 119 Å². The molecule has 1 aliphatic heterocycles. The molecule has 1 saturated heterocycles. The largest absolute Gasteiger partial charge is 0.391 e. The smallest absolute Gasteiger partial charge is 0.154 e. The first-order chi connectivity index (χ1) is 8.67. The van der Waals surface area contributed by atoms with Gasteiger partial charge in [0.2, 0.25) is 0 Å². The Hall–Kier alpha value is -0.520. The van der Waals surface area contributed by atoms with E-state index in [4.69, 9.17) is 0 Å². The van der Waals surface area contributed by atoms with Crippen LogP contribution in [0.1, 0.15) is 26.3 Å². The first-order valence-electron chi connectivity index (χ1n) is 6.33. The Morgan fingerprint density at radius 3 is 2.16 bits per heavy atom. The first-order valence-corrected chi connectivity index (χ1v) is 9.03. The Morgan fingerprint density at radius 2 is 1.74 bits per heavy atom. The summed E-state index contributed by atoms with van der Waals surface area (Å²) in [6, 6.07) is 8.14. The predicted molar refractivity (Wildman–Crippen MR) is 79.4 cm³/mol. The van der Waals surface area contributed by atoms with Crippen LogP contribution in [0.25, 0.3) is 0 Å².